The van der Waals surface area contributed by atoms with Gasteiger partial charge in [-0.2, -0.15) is 0 Å². The van der Waals surface area contributed by atoms with Gasteiger partial charge in [0, 0.05) is 63.6 Å². The predicted molar refractivity (Wildman–Crippen MR) is 341 cm³/mol. The van der Waals surface area contributed by atoms with Gasteiger partial charge in [0.15, 0.2) is 0 Å². The first-order valence-electron chi connectivity index (χ1n) is 31.2. The molecule has 4 nitrogen and oxygen atoms in total. The number of hydrogen-bond acceptors (Lipinski definition) is 6. The second-order valence-corrected chi connectivity index (χ2v) is 27.0. The number of carbonyl (C=O) groups is 2. The number of hydrogen-bond donors (Lipinski definition) is 0. The van der Waals surface area contributed by atoms with Crippen LogP contribution < -0.4 is 20.2 Å². The fourth-order valence-electron chi connectivity index (χ4n) is 12.5. The molecule has 0 spiro atoms. The van der Waals surface area contributed by atoms with Gasteiger partial charge in [-0.3, -0.25) is 9.59 Å². The number of carbonyl (C=O) groups excluding carboxylic acids is 2. The predicted octanol–water partition coefficient (Wildman–Crippen LogP) is 20.9. The third kappa shape index (κ3) is 16.0. The van der Waals surface area contributed by atoms with E-state index in [4.69, 9.17) is 0 Å². The molecule has 6 heterocycles. The molecule has 0 bridgehead atoms. The summed E-state index contributed by atoms with van der Waals surface area (Å²) in [6.45, 7) is 10.7. The summed E-state index contributed by atoms with van der Waals surface area (Å²) in [5.74, 6) is 1.14. The first-order chi connectivity index (χ1) is 37.9. The smallest absolute Gasteiger partial charge is 0.260 e. The van der Waals surface area contributed by atoms with Crippen molar-refractivity contribution in [2.24, 2.45) is 11.8 Å². The van der Waals surface area contributed by atoms with Crippen molar-refractivity contribution in [1.29, 1.82) is 0 Å². The number of rotatable bonds is 39. The molecule has 2 atom stereocenters. The van der Waals surface area contributed by atoms with Crippen LogP contribution in [0.5, 0.6) is 0 Å². The van der Waals surface area contributed by atoms with Crippen molar-refractivity contribution in [2.45, 2.75) is 227 Å². The number of amides is 2. The van der Waals surface area contributed by atoms with Crippen LogP contribution in [0.4, 0.5) is 11.4 Å². The van der Waals surface area contributed by atoms with Gasteiger partial charge in [-0.15, -0.1) is 45.3 Å². The molecule has 2 aliphatic rings. The largest absolute Gasteiger partial charge is 0.307 e. The fourth-order valence-corrected chi connectivity index (χ4v) is 16.3. The molecule has 416 valence electrons. The van der Waals surface area contributed by atoms with Gasteiger partial charge >= 0.3 is 0 Å². The summed E-state index contributed by atoms with van der Waals surface area (Å²) in [7, 11) is 0. The number of benzene rings is 2. The third-order valence-corrected chi connectivity index (χ3v) is 21.2. The maximum Gasteiger partial charge on any atom is 0.260 e. The van der Waals surface area contributed by atoms with Gasteiger partial charge in [-0.1, -0.05) is 237 Å². The summed E-state index contributed by atoms with van der Waals surface area (Å²) in [6, 6.07) is 26.6. The Balaban J connectivity index is 1.19. The standard InChI is InChI=1S/C69H94N2O2S4/c1-5-9-13-17-21-23-27-31-37-53(35-29-25-20-16-12-8-4)51-71-67-55-41-42-56-64(62-46-44-60(76-62)58-38-32-48-74-58)68(72)70(50-52(34-28-24-19-15-11-7-3)36-30-26-22-18-14-10-6-2)66(56)54(55)40-43-57(67)65(69(71)73)63-47-45-61(77-63)59-39-33-49-75-59/h32-33,38-49,52-53H,5-31,34-37,50-51H2,1-4H3. The first kappa shape index (κ1) is 59.3. The Morgan fingerprint density at radius 2 is 0.662 bits per heavy atom. The van der Waals surface area contributed by atoms with Crippen LogP contribution in [0.2, 0.25) is 0 Å². The molecule has 2 unspecified atom stereocenters. The monoisotopic (exact) mass is 1110 g/mol. The van der Waals surface area contributed by atoms with Crippen LogP contribution >= 0.6 is 45.3 Å². The zero-order valence-corrected chi connectivity index (χ0v) is 51.2. The van der Waals surface area contributed by atoms with E-state index in [0.717, 1.165) is 92.3 Å². The van der Waals surface area contributed by atoms with Crippen molar-refractivity contribution in [2.75, 3.05) is 22.9 Å². The third-order valence-electron chi connectivity index (χ3n) is 16.9. The van der Waals surface area contributed by atoms with E-state index >= 15 is 9.59 Å². The number of anilines is 2. The molecule has 0 radical (unpaired) electrons. The van der Waals surface area contributed by atoms with E-state index in [9.17, 15) is 0 Å². The Morgan fingerprint density at radius 1 is 0.351 bits per heavy atom. The minimum Gasteiger partial charge on any atom is -0.307 e. The average Bonchev–Trinajstić information content (AvgIpc) is 4.49. The summed E-state index contributed by atoms with van der Waals surface area (Å²) in [5, 5.41) is 8.59. The highest BCUT2D eigenvalue weighted by Gasteiger charge is 2.38. The van der Waals surface area contributed by atoms with E-state index < -0.39 is 0 Å². The lowest BCUT2D eigenvalue weighted by Crippen LogP contribution is -2.34. The lowest BCUT2D eigenvalue weighted by molar-refractivity contribution is -0.114. The summed E-state index contributed by atoms with van der Waals surface area (Å²) < 4.78 is 0. The van der Waals surface area contributed by atoms with E-state index in [1.165, 1.54) is 193 Å². The molecule has 0 aliphatic carbocycles. The number of unbranched alkanes of at least 4 members (excludes halogenated alkanes) is 23. The molecule has 2 amide bonds. The number of nitrogens with zero attached hydrogens (tertiary/aromatic N) is 2. The van der Waals surface area contributed by atoms with E-state index in [0.29, 0.717) is 11.8 Å². The van der Waals surface area contributed by atoms with Crippen LogP contribution in [-0.4, -0.2) is 24.9 Å². The van der Waals surface area contributed by atoms with E-state index in [1.807, 2.05) is 0 Å². The van der Waals surface area contributed by atoms with Crippen LogP contribution in [0.25, 0.3) is 41.4 Å². The summed E-state index contributed by atoms with van der Waals surface area (Å²) in [5.41, 5.74) is 3.80. The molecular formula is C69H94N2O2S4. The van der Waals surface area contributed by atoms with Gasteiger partial charge in [0.25, 0.3) is 11.8 Å². The minimum atomic E-state index is 0.143. The first-order valence-corrected chi connectivity index (χ1v) is 34.6. The molecule has 4 aromatic heterocycles. The molecule has 2 aliphatic heterocycles. The lowest BCUT2D eigenvalue weighted by Gasteiger charge is -2.28. The van der Waals surface area contributed by atoms with E-state index in [-0.39, 0.29) is 11.8 Å². The Hall–Kier alpha value is -3.82. The Labute approximate surface area is 481 Å². The number of fused-ring (bicyclic) bond motifs is 5. The molecule has 8 heteroatoms. The van der Waals surface area contributed by atoms with Gasteiger partial charge < -0.3 is 9.80 Å². The summed E-state index contributed by atoms with van der Waals surface area (Å²) in [6.07, 6.45) is 39.6. The summed E-state index contributed by atoms with van der Waals surface area (Å²) in [4.78, 5) is 42.7. The maximum absolute atomic E-state index is 15.6. The molecule has 0 saturated carbocycles. The van der Waals surface area contributed by atoms with Crippen LogP contribution in [0, 0.1) is 11.8 Å². The van der Waals surface area contributed by atoms with Crippen LogP contribution in [-0.2, 0) is 9.59 Å². The van der Waals surface area contributed by atoms with Crippen molar-refractivity contribution in [3.8, 4) is 19.5 Å². The highest BCUT2D eigenvalue weighted by Crippen LogP contribution is 2.43. The highest BCUT2D eigenvalue weighted by molar-refractivity contribution is 7.22. The zero-order valence-electron chi connectivity index (χ0n) is 47.9. The second-order valence-electron chi connectivity index (χ2n) is 22.9. The Morgan fingerprint density at radius 3 is 0.974 bits per heavy atom. The van der Waals surface area contributed by atoms with Gasteiger partial charge in [-0.25, -0.2) is 0 Å². The van der Waals surface area contributed by atoms with Crippen LogP contribution in [0.3, 0.4) is 0 Å². The average molecular weight is 1110 g/mol. The SMILES string of the molecule is CCCCCCCCCCC(CCCCCCCC)CN1C(=O)C(c2ccc(-c3cccs3)s2)=c2ccc3c4c(ccc3c21)=C(c1ccc(-c2cccs2)s1)C(=O)N4CC(CCCCCCCC)CCCCCCCCC. The van der Waals surface area contributed by atoms with Crippen LogP contribution in [0.15, 0.2) is 83.6 Å². The summed E-state index contributed by atoms with van der Waals surface area (Å²) >= 11 is 7.03. The van der Waals surface area contributed by atoms with Crippen LogP contribution in [0.1, 0.15) is 236 Å². The quantitative estimate of drug-likeness (QED) is 0.0361. The molecule has 6 aromatic rings. The molecule has 0 fully saturated rings. The highest BCUT2D eigenvalue weighted by atomic mass is 32.1. The van der Waals surface area contributed by atoms with Crippen molar-refractivity contribution in [3.63, 3.8) is 0 Å². The van der Waals surface area contributed by atoms with Gasteiger partial charge in [0.1, 0.15) is 0 Å². The molecule has 2 aromatic carbocycles. The maximum atomic E-state index is 15.6. The second kappa shape index (κ2) is 31.8. The Bertz CT molecular complexity index is 2830. The van der Waals surface area contributed by atoms with Crippen molar-refractivity contribution < 1.29 is 9.59 Å². The number of thiophene rings is 4. The van der Waals surface area contributed by atoms with Gasteiger partial charge in [0.05, 0.1) is 22.5 Å². The molecule has 0 N–H and O–H groups in total. The fraction of sp³-hybridized carbons (Fsp3) is 0.565. The van der Waals surface area contributed by atoms with E-state index in [1.54, 1.807) is 45.3 Å². The zero-order chi connectivity index (χ0) is 53.6. The molecule has 77 heavy (non-hydrogen) atoms. The molecular weight excluding hydrogens is 1020 g/mol. The molecule has 0 saturated heterocycles. The molecule has 8 rings (SSSR count). The van der Waals surface area contributed by atoms with Gasteiger partial charge in [0.2, 0.25) is 0 Å². The topological polar surface area (TPSA) is 40.6 Å². The Kier molecular flexibility index (Phi) is 24.5. The van der Waals surface area contributed by atoms with Gasteiger partial charge in [-0.05, 0) is 84.7 Å². The lowest BCUT2D eigenvalue weighted by atomic mass is 9.92. The normalized spacial score (nSPS) is 14.2. The van der Waals surface area contributed by atoms with Crippen molar-refractivity contribution in [1.82, 2.24) is 0 Å². The minimum absolute atomic E-state index is 0.143. The van der Waals surface area contributed by atoms with Crippen molar-refractivity contribution >= 4 is 90.5 Å². The van der Waals surface area contributed by atoms with E-state index in [2.05, 4.69) is 121 Å². The van der Waals surface area contributed by atoms with Crippen molar-refractivity contribution in [3.05, 3.63) is 104 Å².